The van der Waals surface area contributed by atoms with Gasteiger partial charge < -0.3 is 10.1 Å². The molecule has 1 N–H and O–H groups in total. The number of hydrogen-bond donors (Lipinski definition) is 1. The van der Waals surface area contributed by atoms with Crippen LogP contribution in [0.15, 0.2) is 18.2 Å². The number of benzene rings is 1. The van der Waals surface area contributed by atoms with Gasteiger partial charge in [-0.15, -0.1) is 5.92 Å². The van der Waals surface area contributed by atoms with Crippen LogP contribution in [0.1, 0.15) is 40.0 Å². The lowest BCUT2D eigenvalue weighted by Crippen LogP contribution is -2.47. The Morgan fingerprint density at radius 1 is 1.29 bits per heavy atom. The molecule has 0 aliphatic carbocycles. The van der Waals surface area contributed by atoms with E-state index in [1.54, 1.807) is 25.1 Å². The molecule has 6 heteroatoms. The van der Waals surface area contributed by atoms with Gasteiger partial charge in [0.25, 0.3) is 5.91 Å². The van der Waals surface area contributed by atoms with Gasteiger partial charge in [0.05, 0.1) is 11.6 Å². The zero-order valence-electron chi connectivity index (χ0n) is 14.0. The van der Waals surface area contributed by atoms with Gasteiger partial charge in [0.1, 0.15) is 5.75 Å². The van der Waals surface area contributed by atoms with Crippen molar-refractivity contribution in [3.63, 3.8) is 0 Å². The van der Waals surface area contributed by atoms with Gasteiger partial charge in [0.2, 0.25) is 0 Å². The van der Waals surface area contributed by atoms with Crippen molar-refractivity contribution in [1.29, 1.82) is 5.26 Å². The van der Waals surface area contributed by atoms with Crippen molar-refractivity contribution in [3.8, 4) is 23.7 Å². The minimum Gasteiger partial charge on any atom is -0.481 e. The summed E-state index contributed by atoms with van der Waals surface area (Å²) in [4.78, 5) is 12.3. The summed E-state index contributed by atoms with van der Waals surface area (Å²) in [6.07, 6.45) is 1.11. The van der Waals surface area contributed by atoms with E-state index in [2.05, 4.69) is 23.2 Å². The molecule has 1 aromatic rings. The molecule has 0 saturated carbocycles. The molecule has 1 atom stereocenters. The lowest BCUT2D eigenvalue weighted by atomic mass is 10.1. The van der Waals surface area contributed by atoms with Gasteiger partial charge in [-0.25, -0.2) is 0 Å². The molecule has 0 spiro atoms. The van der Waals surface area contributed by atoms with Crippen molar-refractivity contribution in [2.24, 2.45) is 0 Å². The van der Waals surface area contributed by atoms with E-state index in [4.69, 9.17) is 33.2 Å². The molecule has 0 bridgehead atoms. The highest BCUT2D eigenvalue weighted by Crippen LogP contribution is 2.25. The second-order valence-electron chi connectivity index (χ2n) is 5.79. The SMILES string of the molecule is CC(Oc1cc(Cl)cc(Cl)c1)C(=O)NC(C)(C)C#CCCCC#N. The number of carbonyl (C=O) groups excluding carboxylic acids is 1. The van der Waals surface area contributed by atoms with Gasteiger partial charge in [-0.2, -0.15) is 5.26 Å². The van der Waals surface area contributed by atoms with Crippen LogP contribution in [0.5, 0.6) is 5.75 Å². The molecule has 1 unspecified atom stereocenters. The second kappa shape index (κ2) is 9.42. The van der Waals surface area contributed by atoms with Crippen LogP contribution < -0.4 is 10.1 Å². The molecular weight excluding hydrogens is 347 g/mol. The first-order chi connectivity index (χ1) is 11.2. The minimum absolute atomic E-state index is 0.289. The zero-order chi connectivity index (χ0) is 18.2. The Bertz CT molecular complexity index is 664. The third-order valence-corrected chi connectivity index (χ3v) is 3.38. The third kappa shape index (κ3) is 7.59. The van der Waals surface area contributed by atoms with E-state index in [9.17, 15) is 4.79 Å². The summed E-state index contributed by atoms with van der Waals surface area (Å²) in [5.74, 6) is 6.11. The Morgan fingerprint density at radius 2 is 1.92 bits per heavy atom. The monoisotopic (exact) mass is 366 g/mol. The maximum Gasteiger partial charge on any atom is 0.261 e. The van der Waals surface area contributed by atoms with Crippen LogP contribution in [-0.2, 0) is 4.79 Å². The smallest absolute Gasteiger partial charge is 0.261 e. The predicted molar refractivity (Wildman–Crippen MR) is 96.0 cm³/mol. The van der Waals surface area contributed by atoms with E-state index in [0.717, 1.165) is 6.42 Å². The number of nitriles is 1. The molecule has 0 fully saturated rings. The van der Waals surface area contributed by atoms with E-state index in [0.29, 0.717) is 28.6 Å². The van der Waals surface area contributed by atoms with E-state index in [-0.39, 0.29) is 5.91 Å². The largest absolute Gasteiger partial charge is 0.481 e. The zero-order valence-corrected chi connectivity index (χ0v) is 15.5. The van der Waals surface area contributed by atoms with Crippen LogP contribution in [0.3, 0.4) is 0 Å². The molecule has 0 heterocycles. The maximum atomic E-state index is 12.3. The highest BCUT2D eigenvalue weighted by Gasteiger charge is 2.23. The number of ether oxygens (including phenoxy) is 1. The van der Waals surface area contributed by atoms with Gasteiger partial charge in [-0.1, -0.05) is 29.1 Å². The van der Waals surface area contributed by atoms with Gasteiger partial charge in [-0.3, -0.25) is 4.79 Å². The third-order valence-electron chi connectivity index (χ3n) is 2.95. The summed E-state index contributed by atoms with van der Waals surface area (Å²) >= 11 is 11.8. The highest BCUT2D eigenvalue weighted by molar-refractivity contribution is 6.34. The van der Waals surface area contributed by atoms with Crippen LogP contribution in [0.2, 0.25) is 10.0 Å². The Balaban J connectivity index is 2.60. The summed E-state index contributed by atoms with van der Waals surface area (Å²) in [5.41, 5.74) is -0.687. The number of nitrogens with zero attached hydrogens (tertiary/aromatic N) is 1. The molecule has 128 valence electrons. The number of unbranched alkanes of at least 4 members (excludes halogenated alkanes) is 2. The second-order valence-corrected chi connectivity index (χ2v) is 6.67. The van der Waals surface area contributed by atoms with E-state index in [1.807, 2.05) is 13.8 Å². The molecule has 0 saturated heterocycles. The predicted octanol–water partition coefficient (Wildman–Crippen LogP) is 4.35. The first-order valence-corrected chi connectivity index (χ1v) is 8.31. The fourth-order valence-electron chi connectivity index (χ4n) is 1.83. The standard InChI is InChI=1S/C18H20Cl2N2O2/c1-13(24-16-11-14(19)10-15(20)12-16)17(23)22-18(2,3)8-6-4-5-7-9-21/h10-13H,4-5,7H2,1-3H3,(H,22,23). The van der Waals surface area contributed by atoms with Gasteiger partial charge in [0.15, 0.2) is 6.10 Å². The number of nitrogens with one attached hydrogen (secondary N) is 1. The first kappa shape index (κ1) is 20.2. The minimum atomic E-state index is -0.723. The van der Waals surface area contributed by atoms with Crippen LogP contribution in [-0.4, -0.2) is 17.6 Å². The fraction of sp³-hybridized carbons (Fsp3) is 0.444. The lowest BCUT2D eigenvalue weighted by molar-refractivity contribution is -0.128. The highest BCUT2D eigenvalue weighted by atomic mass is 35.5. The van der Waals surface area contributed by atoms with E-state index in [1.165, 1.54) is 0 Å². The van der Waals surface area contributed by atoms with Crippen molar-refractivity contribution < 1.29 is 9.53 Å². The average molecular weight is 367 g/mol. The molecule has 1 aromatic carbocycles. The molecule has 4 nitrogen and oxygen atoms in total. The number of carbonyl (C=O) groups is 1. The van der Waals surface area contributed by atoms with Crippen molar-refractivity contribution in [2.45, 2.75) is 51.7 Å². The molecule has 24 heavy (non-hydrogen) atoms. The Hall–Kier alpha value is -1.88. The van der Waals surface area contributed by atoms with Crippen LogP contribution in [0.25, 0.3) is 0 Å². The van der Waals surface area contributed by atoms with Crippen molar-refractivity contribution in [3.05, 3.63) is 28.2 Å². The molecule has 1 rings (SSSR count). The Kier molecular flexibility index (Phi) is 7.92. The average Bonchev–Trinajstić information content (AvgIpc) is 2.45. The fourth-order valence-corrected chi connectivity index (χ4v) is 2.34. The summed E-state index contributed by atoms with van der Waals surface area (Å²) in [5, 5.41) is 12.2. The number of hydrogen-bond acceptors (Lipinski definition) is 3. The number of halogens is 2. The number of amides is 1. The van der Waals surface area contributed by atoms with Crippen molar-refractivity contribution >= 4 is 29.1 Å². The quantitative estimate of drug-likeness (QED) is 0.601. The molecule has 1 amide bonds. The summed E-state index contributed by atoms with van der Waals surface area (Å²) in [7, 11) is 0. The van der Waals surface area contributed by atoms with Gasteiger partial charge in [-0.05, 0) is 45.4 Å². The molecule has 0 aliphatic heterocycles. The van der Waals surface area contributed by atoms with Crippen molar-refractivity contribution in [1.82, 2.24) is 5.32 Å². The van der Waals surface area contributed by atoms with Gasteiger partial charge >= 0.3 is 0 Å². The lowest BCUT2D eigenvalue weighted by Gasteiger charge is -2.23. The summed E-state index contributed by atoms with van der Waals surface area (Å²) in [6.45, 7) is 5.26. The number of rotatable bonds is 6. The van der Waals surface area contributed by atoms with Crippen molar-refractivity contribution in [2.75, 3.05) is 0 Å². The summed E-state index contributed by atoms with van der Waals surface area (Å²) < 4.78 is 5.58. The topological polar surface area (TPSA) is 62.1 Å². The molecule has 0 radical (unpaired) electrons. The summed E-state index contributed by atoms with van der Waals surface area (Å²) in [6, 6.07) is 6.85. The van der Waals surface area contributed by atoms with Gasteiger partial charge in [0, 0.05) is 22.9 Å². The molecule has 0 aliphatic rings. The molecular formula is C18H20Cl2N2O2. The Labute approximate surface area is 153 Å². The van der Waals surface area contributed by atoms with E-state index < -0.39 is 11.6 Å². The maximum absolute atomic E-state index is 12.3. The normalized spacial score (nSPS) is 11.7. The van der Waals surface area contributed by atoms with E-state index >= 15 is 0 Å². The first-order valence-electron chi connectivity index (χ1n) is 7.55. The Morgan fingerprint density at radius 3 is 2.50 bits per heavy atom. The van der Waals surface area contributed by atoms with Crippen LogP contribution in [0.4, 0.5) is 0 Å². The molecule has 0 aromatic heterocycles. The van der Waals surface area contributed by atoms with Crippen LogP contribution in [0, 0.1) is 23.2 Å². The van der Waals surface area contributed by atoms with Crippen LogP contribution >= 0.6 is 23.2 Å².